The molecule has 2 amide bonds. The SMILES string of the molecule is COc1ccc2c(c1)[C@]1(C[C@H]1c1ccc3c(Nc4nc(C5CC5)nc(N5CCS(=O)(=O)CC5)c4OC)nn(C(=O)OC(C)(C)C)c3c1)C(=O)N2C(=O)OC(C)(C)C. The summed E-state index contributed by atoms with van der Waals surface area (Å²) in [6.45, 7) is 11.1. The zero-order chi connectivity index (χ0) is 40.8. The number of carbonyl (C=O) groups excluding carboxylic acids is 3. The maximum atomic E-state index is 14.4. The Kier molecular flexibility index (Phi) is 8.98. The number of fused-ring (bicyclic) bond motifs is 3. The number of anilines is 4. The summed E-state index contributed by atoms with van der Waals surface area (Å²) in [6.07, 6.45) is 0.794. The number of nitrogens with one attached hydrogen (secondary N) is 1. The second-order valence-electron chi connectivity index (χ2n) is 17.1. The molecule has 17 heteroatoms. The summed E-state index contributed by atoms with van der Waals surface area (Å²) in [6, 6.07) is 10.8. The summed E-state index contributed by atoms with van der Waals surface area (Å²) in [5.41, 5.74) is -0.448. The Balaban J connectivity index is 1.20. The van der Waals surface area contributed by atoms with Gasteiger partial charge in [0.05, 0.1) is 42.3 Å². The molecule has 302 valence electrons. The van der Waals surface area contributed by atoms with Crippen LogP contribution in [0.1, 0.15) is 89.6 Å². The third-order valence-electron chi connectivity index (χ3n) is 10.6. The molecule has 0 unspecified atom stereocenters. The third kappa shape index (κ3) is 6.99. The number of amides is 2. The Morgan fingerprint density at radius 3 is 2.19 bits per heavy atom. The zero-order valence-corrected chi connectivity index (χ0v) is 34.2. The fourth-order valence-corrected chi connectivity index (χ4v) is 8.90. The Hall–Kier alpha value is -5.45. The lowest BCUT2D eigenvalue weighted by atomic mass is 9.91. The summed E-state index contributed by atoms with van der Waals surface area (Å²) < 4.78 is 48.6. The largest absolute Gasteiger partial charge is 0.497 e. The quantitative estimate of drug-likeness (QED) is 0.223. The number of benzene rings is 2. The van der Waals surface area contributed by atoms with Crippen molar-refractivity contribution in [1.29, 1.82) is 0 Å². The average Bonchev–Trinajstić information content (AvgIpc) is 4.06. The van der Waals surface area contributed by atoms with E-state index in [0.717, 1.165) is 23.3 Å². The number of nitrogens with zero attached hydrogens (tertiary/aromatic N) is 6. The number of imide groups is 1. The molecule has 1 saturated heterocycles. The maximum Gasteiger partial charge on any atom is 0.435 e. The van der Waals surface area contributed by atoms with Crippen LogP contribution in [-0.4, -0.2) is 96.3 Å². The lowest BCUT2D eigenvalue weighted by Gasteiger charge is -2.29. The number of aromatic nitrogens is 4. The minimum absolute atomic E-state index is 0.000979. The highest BCUT2D eigenvalue weighted by Gasteiger charge is 2.68. The summed E-state index contributed by atoms with van der Waals surface area (Å²) in [5.74, 6) is 1.99. The van der Waals surface area contributed by atoms with E-state index in [0.29, 0.717) is 63.4 Å². The molecule has 4 heterocycles. The van der Waals surface area contributed by atoms with E-state index in [4.69, 9.17) is 34.0 Å². The predicted octanol–water partition coefficient (Wildman–Crippen LogP) is 6.19. The average molecular weight is 802 g/mol. The molecule has 2 aliphatic heterocycles. The van der Waals surface area contributed by atoms with Gasteiger partial charge in [-0.2, -0.15) is 4.68 Å². The molecule has 2 aromatic carbocycles. The fraction of sp³-hybridized carbons (Fsp3) is 0.500. The monoisotopic (exact) mass is 801 g/mol. The van der Waals surface area contributed by atoms with Crippen LogP contribution in [0.5, 0.6) is 11.5 Å². The highest BCUT2D eigenvalue weighted by Crippen LogP contribution is 2.67. The van der Waals surface area contributed by atoms with Gasteiger partial charge in [0.15, 0.2) is 27.3 Å². The summed E-state index contributed by atoms with van der Waals surface area (Å²) in [4.78, 5) is 54.4. The summed E-state index contributed by atoms with van der Waals surface area (Å²) in [7, 11) is -0.104. The van der Waals surface area contributed by atoms with Gasteiger partial charge in [-0.15, -0.1) is 5.10 Å². The van der Waals surface area contributed by atoms with Crippen LogP contribution in [0, 0.1) is 0 Å². The van der Waals surface area contributed by atoms with Crippen LogP contribution in [0.15, 0.2) is 36.4 Å². The van der Waals surface area contributed by atoms with E-state index < -0.39 is 44.5 Å². The van der Waals surface area contributed by atoms with E-state index in [1.807, 2.05) is 23.1 Å². The molecule has 1 N–H and O–H groups in total. The van der Waals surface area contributed by atoms with Crippen molar-refractivity contribution >= 4 is 62.0 Å². The molecule has 4 aliphatic rings. The first-order valence-corrected chi connectivity index (χ1v) is 20.8. The van der Waals surface area contributed by atoms with Gasteiger partial charge >= 0.3 is 12.2 Å². The molecule has 2 aromatic heterocycles. The standard InChI is InChI=1S/C40H47N7O9S/c1-38(2,3)55-36(49)46-28-14-12-24(53-7)20-26(28)40(35(46)48)21-27(40)23-11-13-25-29(19-23)47(37(50)56-39(4,5)6)44-32(25)42-33-30(54-8)34(43-31(41-33)22-9-10-22)45-15-17-57(51,52)18-16-45/h11-14,19-20,22,27H,9-10,15-18,21H2,1-8H3,(H,41,42,43,44)/t27-,40-/m0/s1. The number of rotatable bonds is 7. The number of carbonyl (C=O) groups is 3. The minimum atomic E-state index is -3.15. The second-order valence-corrected chi connectivity index (χ2v) is 19.4. The van der Waals surface area contributed by atoms with Gasteiger partial charge in [0, 0.05) is 30.3 Å². The number of ether oxygens (including phenoxy) is 4. The van der Waals surface area contributed by atoms with Crippen molar-refractivity contribution in [1.82, 2.24) is 19.7 Å². The van der Waals surface area contributed by atoms with Crippen molar-refractivity contribution in [3.05, 3.63) is 53.3 Å². The van der Waals surface area contributed by atoms with Gasteiger partial charge in [0.1, 0.15) is 22.8 Å². The predicted molar refractivity (Wildman–Crippen MR) is 212 cm³/mol. The second kappa shape index (κ2) is 13.3. The maximum absolute atomic E-state index is 14.4. The summed E-state index contributed by atoms with van der Waals surface area (Å²) >= 11 is 0. The molecule has 1 spiro atoms. The highest BCUT2D eigenvalue weighted by atomic mass is 32.2. The van der Waals surface area contributed by atoms with Crippen molar-refractivity contribution in [3.8, 4) is 11.5 Å². The summed E-state index contributed by atoms with van der Waals surface area (Å²) in [5, 5.41) is 8.60. The van der Waals surface area contributed by atoms with Gasteiger partial charge in [-0.05, 0) is 102 Å². The molecule has 2 saturated carbocycles. The topological polar surface area (TPSA) is 184 Å². The first kappa shape index (κ1) is 38.4. The van der Waals surface area contributed by atoms with Gasteiger partial charge in [-0.1, -0.05) is 6.07 Å². The van der Waals surface area contributed by atoms with Crippen molar-refractivity contribution in [2.45, 2.75) is 89.3 Å². The Bertz CT molecular complexity index is 2440. The van der Waals surface area contributed by atoms with Crippen LogP contribution in [0.25, 0.3) is 10.9 Å². The van der Waals surface area contributed by atoms with Crippen LogP contribution >= 0.6 is 0 Å². The van der Waals surface area contributed by atoms with Crippen LogP contribution < -0.4 is 24.6 Å². The highest BCUT2D eigenvalue weighted by molar-refractivity contribution is 7.91. The molecule has 3 fully saturated rings. The van der Waals surface area contributed by atoms with Crippen LogP contribution in [-0.2, 0) is 29.5 Å². The zero-order valence-electron chi connectivity index (χ0n) is 33.3. The van der Waals surface area contributed by atoms with E-state index in [1.54, 1.807) is 66.9 Å². The molecule has 16 nitrogen and oxygen atoms in total. The first-order valence-electron chi connectivity index (χ1n) is 19.0. The van der Waals surface area contributed by atoms with Gasteiger partial charge < -0.3 is 29.2 Å². The Labute approximate surface area is 330 Å². The smallest absolute Gasteiger partial charge is 0.435 e. The molecular weight excluding hydrogens is 755 g/mol. The van der Waals surface area contributed by atoms with E-state index in [9.17, 15) is 22.8 Å². The van der Waals surface area contributed by atoms with Gasteiger partial charge in [0.25, 0.3) is 0 Å². The van der Waals surface area contributed by atoms with E-state index in [2.05, 4.69) is 5.32 Å². The van der Waals surface area contributed by atoms with Crippen LogP contribution in [0.4, 0.5) is 32.7 Å². The normalized spacial score (nSPS) is 21.4. The number of methoxy groups -OCH3 is 2. The lowest BCUT2D eigenvalue weighted by Crippen LogP contribution is -2.41. The lowest BCUT2D eigenvalue weighted by molar-refractivity contribution is -0.120. The fourth-order valence-electron chi connectivity index (χ4n) is 7.70. The third-order valence-corrected chi connectivity index (χ3v) is 12.2. The van der Waals surface area contributed by atoms with E-state index in [-0.39, 0.29) is 36.4 Å². The van der Waals surface area contributed by atoms with Crippen molar-refractivity contribution in [3.63, 3.8) is 0 Å². The molecular formula is C40H47N7O9S. The number of sulfone groups is 1. The van der Waals surface area contributed by atoms with Gasteiger partial charge in [-0.3, -0.25) is 4.79 Å². The number of hydrogen-bond acceptors (Lipinski definition) is 14. The van der Waals surface area contributed by atoms with Gasteiger partial charge in [-0.25, -0.2) is 32.9 Å². The van der Waals surface area contributed by atoms with Gasteiger partial charge in [0.2, 0.25) is 11.7 Å². The molecule has 57 heavy (non-hydrogen) atoms. The van der Waals surface area contributed by atoms with Crippen LogP contribution in [0.2, 0.25) is 0 Å². The molecule has 0 bridgehead atoms. The van der Waals surface area contributed by atoms with Crippen molar-refractivity contribution in [2.75, 3.05) is 53.9 Å². The first-order chi connectivity index (χ1) is 26.8. The molecule has 2 atom stereocenters. The number of hydrogen-bond donors (Lipinski definition) is 1. The minimum Gasteiger partial charge on any atom is -0.497 e. The molecule has 2 aliphatic carbocycles. The van der Waals surface area contributed by atoms with Crippen molar-refractivity contribution < 1.29 is 41.7 Å². The van der Waals surface area contributed by atoms with E-state index in [1.165, 1.54) is 11.8 Å². The van der Waals surface area contributed by atoms with Crippen LogP contribution in [0.3, 0.4) is 0 Å². The Morgan fingerprint density at radius 1 is 0.877 bits per heavy atom. The van der Waals surface area contributed by atoms with Crippen molar-refractivity contribution in [2.24, 2.45) is 0 Å². The molecule has 8 rings (SSSR count). The molecule has 4 aromatic rings. The Morgan fingerprint density at radius 2 is 1.56 bits per heavy atom. The molecule has 0 radical (unpaired) electrons. The van der Waals surface area contributed by atoms with E-state index >= 15 is 0 Å².